The van der Waals surface area contributed by atoms with Crippen LogP contribution in [0.2, 0.25) is 0 Å². The van der Waals surface area contributed by atoms with Crippen molar-refractivity contribution >= 4 is 17.5 Å². The van der Waals surface area contributed by atoms with E-state index in [0.717, 1.165) is 42.6 Å². The molecule has 0 radical (unpaired) electrons. The fourth-order valence-electron chi connectivity index (χ4n) is 4.07. The van der Waals surface area contributed by atoms with Gasteiger partial charge < -0.3 is 19.4 Å². The Morgan fingerprint density at radius 3 is 2.39 bits per heavy atom. The van der Waals surface area contributed by atoms with E-state index < -0.39 is 0 Å². The van der Waals surface area contributed by atoms with Crippen LogP contribution in [0.4, 0.5) is 5.69 Å². The Bertz CT molecular complexity index is 1370. The number of hydrogen-bond acceptors (Lipinski definition) is 6. The van der Waals surface area contributed by atoms with Crippen LogP contribution < -0.4 is 10.1 Å². The number of aryl methyl sites for hydroxylation is 1. The molecule has 0 unspecified atom stereocenters. The Morgan fingerprint density at radius 2 is 1.64 bits per heavy atom. The number of nitrogens with zero attached hydrogens (tertiary/aromatic N) is 3. The first-order valence-corrected chi connectivity index (χ1v) is 11.9. The maximum Gasteiger partial charge on any atom is 0.260 e. The van der Waals surface area contributed by atoms with Gasteiger partial charge in [0.1, 0.15) is 5.75 Å². The molecule has 182 valence electrons. The number of rotatable bonds is 7. The van der Waals surface area contributed by atoms with Crippen LogP contribution in [0.15, 0.2) is 77.2 Å². The highest BCUT2D eigenvalue weighted by molar-refractivity contribution is 6.04. The van der Waals surface area contributed by atoms with Crippen molar-refractivity contribution < 1.29 is 18.7 Å². The highest BCUT2D eigenvalue weighted by atomic mass is 16.5. The molecule has 0 aliphatic carbocycles. The summed E-state index contributed by atoms with van der Waals surface area (Å²) in [6.45, 7) is 3.57. The largest absolute Gasteiger partial charge is 0.484 e. The van der Waals surface area contributed by atoms with Crippen molar-refractivity contribution in [3.05, 3.63) is 83.9 Å². The highest BCUT2D eigenvalue weighted by Gasteiger charge is 2.18. The molecular formula is C28H26N4O4. The summed E-state index contributed by atoms with van der Waals surface area (Å²) in [5.41, 5.74) is 3.74. The van der Waals surface area contributed by atoms with Crippen LogP contribution >= 0.6 is 0 Å². The van der Waals surface area contributed by atoms with E-state index in [9.17, 15) is 9.59 Å². The number of aromatic nitrogens is 2. The fourth-order valence-corrected chi connectivity index (χ4v) is 4.07. The van der Waals surface area contributed by atoms with Crippen molar-refractivity contribution in [1.82, 2.24) is 15.1 Å². The van der Waals surface area contributed by atoms with Gasteiger partial charge in [0.05, 0.1) is 0 Å². The second kappa shape index (κ2) is 10.4. The van der Waals surface area contributed by atoms with Gasteiger partial charge in [-0.1, -0.05) is 23.8 Å². The molecule has 8 nitrogen and oxygen atoms in total. The van der Waals surface area contributed by atoms with Crippen LogP contribution in [0.1, 0.15) is 28.8 Å². The summed E-state index contributed by atoms with van der Waals surface area (Å²) in [7, 11) is 0. The van der Waals surface area contributed by atoms with Crippen LogP contribution in [0.3, 0.4) is 0 Å². The van der Waals surface area contributed by atoms with Crippen molar-refractivity contribution in [3.63, 3.8) is 0 Å². The van der Waals surface area contributed by atoms with E-state index >= 15 is 0 Å². The van der Waals surface area contributed by atoms with Gasteiger partial charge in [0, 0.05) is 41.5 Å². The molecule has 4 aromatic rings. The third-order valence-electron chi connectivity index (χ3n) is 6.00. The normalized spacial score (nSPS) is 13.0. The molecule has 1 fully saturated rings. The molecular weight excluding hydrogens is 456 g/mol. The molecule has 1 aliphatic rings. The zero-order chi connectivity index (χ0) is 24.9. The first-order chi connectivity index (χ1) is 17.5. The van der Waals surface area contributed by atoms with E-state index in [1.54, 1.807) is 48.5 Å². The fraction of sp³-hybridized carbons (Fsp3) is 0.214. The summed E-state index contributed by atoms with van der Waals surface area (Å²) < 4.78 is 11.5. The molecule has 8 heteroatoms. The van der Waals surface area contributed by atoms with Gasteiger partial charge in [-0.05, 0) is 68.3 Å². The van der Waals surface area contributed by atoms with E-state index in [2.05, 4.69) is 15.5 Å². The molecule has 2 amide bonds. The minimum atomic E-state index is -0.266. The van der Waals surface area contributed by atoms with Crippen molar-refractivity contribution in [2.24, 2.45) is 0 Å². The van der Waals surface area contributed by atoms with Crippen LogP contribution in [-0.4, -0.2) is 46.6 Å². The van der Waals surface area contributed by atoms with Crippen LogP contribution in [0.25, 0.3) is 22.9 Å². The van der Waals surface area contributed by atoms with E-state index in [-0.39, 0.29) is 18.4 Å². The number of ether oxygens (including phenoxy) is 1. The minimum Gasteiger partial charge on any atom is -0.484 e. The third kappa shape index (κ3) is 5.43. The molecule has 1 aromatic heterocycles. The van der Waals surface area contributed by atoms with Crippen molar-refractivity contribution in [1.29, 1.82) is 0 Å². The Labute approximate surface area is 208 Å². The van der Waals surface area contributed by atoms with Crippen LogP contribution in [0.5, 0.6) is 5.75 Å². The number of likely N-dealkylation sites (tertiary alicyclic amines) is 1. The second-order valence-electron chi connectivity index (χ2n) is 8.72. The second-order valence-corrected chi connectivity index (χ2v) is 8.72. The maximum absolute atomic E-state index is 12.8. The molecule has 2 heterocycles. The molecule has 1 N–H and O–H groups in total. The highest BCUT2D eigenvalue weighted by Crippen LogP contribution is 2.25. The molecule has 3 aromatic carbocycles. The van der Waals surface area contributed by atoms with Gasteiger partial charge in [0.25, 0.3) is 11.8 Å². The standard InChI is InChI=1S/C28H26N4O4/c1-19-6-4-7-22(16-19)28-31-30-27(36-28)21-12-10-20(11-13-21)26(34)29-23-8-5-9-24(17-23)35-18-25(33)32-14-2-3-15-32/h4-13,16-17H,2-3,14-15,18H2,1H3,(H,29,34). The average Bonchev–Trinajstić information content (AvgIpc) is 3.61. The number of benzene rings is 3. The summed E-state index contributed by atoms with van der Waals surface area (Å²) >= 11 is 0. The lowest BCUT2D eigenvalue weighted by atomic mass is 10.1. The lowest BCUT2D eigenvalue weighted by Crippen LogP contribution is -2.32. The number of carbonyl (C=O) groups is 2. The Balaban J connectivity index is 1.20. The first-order valence-electron chi connectivity index (χ1n) is 11.9. The van der Waals surface area contributed by atoms with Gasteiger partial charge >= 0.3 is 0 Å². The van der Waals surface area contributed by atoms with E-state index in [0.29, 0.717) is 28.8 Å². The smallest absolute Gasteiger partial charge is 0.260 e. The van der Waals surface area contributed by atoms with Gasteiger partial charge in [-0.15, -0.1) is 10.2 Å². The van der Waals surface area contributed by atoms with Crippen molar-refractivity contribution in [3.8, 4) is 28.7 Å². The molecule has 0 bridgehead atoms. The van der Waals surface area contributed by atoms with Gasteiger partial charge in [0.15, 0.2) is 6.61 Å². The molecule has 0 atom stereocenters. The van der Waals surface area contributed by atoms with Gasteiger partial charge in [-0.25, -0.2) is 0 Å². The summed E-state index contributed by atoms with van der Waals surface area (Å²) in [5.74, 6) is 1.06. The third-order valence-corrected chi connectivity index (χ3v) is 6.00. The summed E-state index contributed by atoms with van der Waals surface area (Å²) in [6.07, 6.45) is 2.08. The number of anilines is 1. The van der Waals surface area contributed by atoms with E-state index in [1.807, 2.05) is 36.1 Å². The SMILES string of the molecule is Cc1cccc(-c2nnc(-c3ccc(C(=O)Nc4cccc(OCC(=O)N5CCCC5)c4)cc3)o2)c1. The minimum absolute atomic E-state index is 0.0138. The number of hydrogen-bond donors (Lipinski definition) is 1. The monoisotopic (exact) mass is 482 g/mol. The molecule has 0 saturated carbocycles. The summed E-state index contributed by atoms with van der Waals surface area (Å²) in [5, 5.41) is 11.1. The summed E-state index contributed by atoms with van der Waals surface area (Å²) in [4.78, 5) is 26.8. The van der Waals surface area contributed by atoms with Crippen molar-refractivity contribution in [2.45, 2.75) is 19.8 Å². The summed E-state index contributed by atoms with van der Waals surface area (Å²) in [6, 6.07) is 21.8. The Morgan fingerprint density at radius 1 is 0.917 bits per heavy atom. The van der Waals surface area contributed by atoms with E-state index in [4.69, 9.17) is 9.15 Å². The lowest BCUT2D eigenvalue weighted by Gasteiger charge is -2.15. The predicted molar refractivity (Wildman–Crippen MR) is 136 cm³/mol. The molecule has 1 aliphatic heterocycles. The Hall–Kier alpha value is -4.46. The maximum atomic E-state index is 12.8. The predicted octanol–water partition coefficient (Wildman–Crippen LogP) is 4.97. The quantitative estimate of drug-likeness (QED) is 0.400. The topological polar surface area (TPSA) is 97.6 Å². The molecule has 5 rings (SSSR count). The average molecular weight is 483 g/mol. The van der Waals surface area contributed by atoms with Gasteiger partial charge in [-0.3, -0.25) is 9.59 Å². The van der Waals surface area contributed by atoms with Crippen LogP contribution in [0, 0.1) is 6.92 Å². The van der Waals surface area contributed by atoms with Crippen LogP contribution in [-0.2, 0) is 4.79 Å². The Kier molecular flexibility index (Phi) is 6.75. The number of carbonyl (C=O) groups excluding carboxylic acids is 2. The number of amides is 2. The van der Waals surface area contributed by atoms with Gasteiger partial charge in [0.2, 0.25) is 11.8 Å². The van der Waals surface area contributed by atoms with E-state index in [1.165, 1.54) is 0 Å². The molecule has 0 spiro atoms. The zero-order valence-corrected chi connectivity index (χ0v) is 19.9. The molecule has 36 heavy (non-hydrogen) atoms. The van der Waals surface area contributed by atoms with Gasteiger partial charge in [-0.2, -0.15) is 0 Å². The zero-order valence-electron chi connectivity index (χ0n) is 19.9. The first kappa shape index (κ1) is 23.3. The number of nitrogens with one attached hydrogen (secondary N) is 1. The van der Waals surface area contributed by atoms with Crippen molar-refractivity contribution in [2.75, 3.05) is 25.0 Å². The molecule has 1 saturated heterocycles. The lowest BCUT2D eigenvalue weighted by molar-refractivity contribution is -0.132.